The minimum atomic E-state index is -0.391. The smallest absolute Gasteiger partial charge is 0.274 e. The Bertz CT molecular complexity index is 1360. The molecule has 0 unspecified atom stereocenters. The van der Waals surface area contributed by atoms with Crippen LogP contribution in [-0.2, 0) is 19.4 Å². The molecule has 2 heterocycles. The Labute approximate surface area is 231 Å². The fraction of sp³-hybridized carbons (Fsp3) is 0.367. The van der Waals surface area contributed by atoms with Gasteiger partial charge in [0.25, 0.3) is 11.8 Å². The number of rotatable bonds is 8. The van der Waals surface area contributed by atoms with Crippen molar-refractivity contribution in [2.75, 3.05) is 25.0 Å². The van der Waals surface area contributed by atoms with Crippen LogP contribution < -0.4 is 10.7 Å². The molecule has 0 radical (unpaired) electrons. The largest absolute Gasteiger partial charge is 0.396 e. The SMILES string of the molecule is O=C(Nc1sc2c(c1C(=O)NN=Cc1cccc(F)c1)CCCC2)c1cccc(CN2CCC(CO)CC2)c1. The zero-order chi connectivity index (χ0) is 27.2. The Hall–Kier alpha value is -3.40. The third kappa shape index (κ3) is 6.79. The summed E-state index contributed by atoms with van der Waals surface area (Å²) in [4.78, 5) is 30.0. The number of fused-ring (bicyclic) bond motifs is 1. The lowest BCUT2D eigenvalue weighted by atomic mass is 9.95. The van der Waals surface area contributed by atoms with Crippen LogP contribution in [0.3, 0.4) is 0 Å². The number of hydrazone groups is 1. The topological polar surface area (TPSA) is 94.0 Å². The number of halogens is 1. The van der Waals surface area contributed by atoms with Gasteiger partial charge in [-0.25, -0.2) is 9.82 Å². The predicted octanol–water partition coefficient (Wildman–Crippen LogP) is 4.99. The van der Waals surface area contributed by atoms with E-state index >= 15 is 0 Å². The summed E-state index contributed by atoms with van der Waals surface area (Å²) >= 11 is 1.46. The molecule has 1 saturated heterocycles. The van der Waals surface area contributed by atoms with Crippen molar-refractivity contribution in [2.24, 2.45) is 11.0 Å². The first kappa shape index (κ1) is 27.2. The molecule has 3 aromatic rings. The molecule has 2 aliphatic rings. The molecule has 5 rings (SSSR count). The molecule has 7 nitrogen and oxygen atoms in total. The highest BCUT2D eigenvalue weighted by Crippen LogP contribution is 2.38. The Morgan fingerprint density at radius 1 is 1.08 bits per heavy atom. The summed E-state index contributed by atoms with van der Waals surface area (Å²) in [5, 5.41) is 16.9. The van der Waals surface area contributed by atoms with Crippen LogP contribution >= 0.6 is 11.3 Å². The lowest BCUT2D eigenvalue weighted by molar-refractivity contribution is 0.0955. The van der Waals surface area contributed by atoms with Gasteiger partial charge in [-0.1, -0.05) is 24.3 Å². The van der Waals surface area contributed by atoms with E-state index in [9.17, 15) is 19.1 Å². The quantitative estimate of drug-likeness (QED) is 0.273. The van der Waals surface area contributed by atoms with Crippen LogP contribution in [0.25, 0.3) is 0 Å². The molecule has 1 fully saturated rings. The molecule has 0 bridgehead atoms. The molecule has 1 aliphatic carbocycles. The van der Waals surface area contributed by atoms with Gasteiger partial charge in [-0.15, -0.1) is 11.3 Å². The van der Waals surface area contributed by atoms with E-state index in [1.807, 2.05) is 18.2 Å². The van der Waals surface area contributed by atoms with Crippen molar-refractivity contribution in [3.8, 4) is 0 Å². The molecule has 0 saturated carbocycles. The van der Waals surface area contributed by atoms with E-state index in [-0.39, 0.29) is 18.3 Å². The van der Waals surface area contributed by atoms with Gasteiger partial charge in [0.05, 0.1) is 11.8 Å². The molecular formula is C30H33FN4O3S. The number of aliphatic hydroxyl groups excluding tert-OH is 1. The van der Waals surface area contributed by atoms with Gasteiger partial charge in [-0.05, 0) is 98.5 Å². The van der Waals surface area contributed by atoms with Gasteiger partial charge in [0.2, 0.25) is 0 Å². The molecule has 2 amide bonds. The van der Waals surface area contributed by atoms with Crippen LogP contribution in [0.5, 0.6) is 0 Å². The number of anilines is 1. The van der Waals surface area contributed by atoms with Crippen molar-refractivity contribution in [1.82, 2.24) is 10.3 Å². The van der Waals surface area contributed by atoms with E-state index in [4.69, 9.17) is 0 Å². The van der Waals surface area contributed by atoms with Crippen LogP contribution in [0.4, 0.5) is 9.39 Å². The molecule has 9 heteroatoms. The first-order valence-corrected chi connectivity index (χ1v) is 14.3. The van der Waals surface area contributed by atoms with Crippen molar-refractivity contribution >= 4 is 34.4 Å². The number of carbonyl (C=O) groups is 2. The predicted molar refractivity (Wildman–Crippen MR) is 152 cm³/mol. The molecule has 1 aromatic heterocycles. The summed E-state index contributed by atoms with van der Waals surface area (Å²) < 4.78 is 13.5. The summed E-state index contributed by atoms with van der Waals surface area (Å²) in [5.74, 6) is -0.643. The fourth-order valence-corrected chi connectivity index (χ4v) is 6.56. The molecular weight excluding hydrogens is 515 g/mol. The third-order valence-corrected chi connectivity index (χ3v) is 8.62. The van der Waals surface area contributed by atoms with Gasteiger partial charge in [0, 0.05) is 23.6 Å². The van der Waals surface area contributed by atoms with E-state index in [2.05, 4.69) is 20.7 Å². The van der Waals surface area contributed by atoms with E-state index in [0.29, 0.717) is 27.6 Å². The molecule has 1 aliphatic heterocycles. The van der Waals surface area contributed by atoms with Crippen LogP contribution in [0.1, 0.15) is 68.0 Å². The number of hydrogen-bond donors (Lipinski definition) is 3. The standard InChI is InChI=1S/C30H33FN4O3S/c31-24-8-4-5-21(16-24)17-32-34-29(38)27-25-9-1-2-10-26(25)39-30(27)33-28(37)23-7-3-6-22(15-23)18-35-13-11-20(19-36)12-14-35/h3-8,15-17,20,36H,1-2,9-14,18-19H2,(H,33,37)(H,34,38). The number of likely N-dealkylation sites (tertiary alicyclic amines) is 1. The Balaban J connectivity index is 1.29. The number of hydrogen-bond acceptors (Lipinski definition) is 6. The van der Waals surface area contributed by atoms with Crippen LogP contribution in [0, 0.1) is 11.7 Å². The molecule has 39 heavy (non-hydrogen) atoms. The summed E-state index contributed by atoms with van der Waals surface area (Å²) in [7, 11) is 0. The highest BCUT2D eigenvalue weighted by Gasteiger charge is 2.27. The van der Waals surface area contributed by atoms with Crippen LogP contribution in [-0.4, -0.2) is 47.7 Å². The van der Waals surface area contributed by atoms with Crippen molar-refractivity contribution < 1.29 is 19.1 Å². The summed E-state index contributed by atoms with van der Waals surface area (Å²) in [6.45, 7) is 2.86. The van der Waals surface area contributed by atoms with Crippen molar-refractivity contribution in [3.05, 3.63) is 87.0 Å². The molecule has 3 N–H and O–H groups in total. The molecule has 2 aromatic carbocycles. The number of aliphatic hydroxyl groups is 1. The van der Waals surface area contributed by atoms with Gasteiger partial charge in [0.1, 0.15) is 10.8 Å². The van der Waals surface area contributed by atoms with Gasteiger partial charge in [-0.3, -0.25) is 14.5 Å². The second kappa shape index (κ2) is 12.6. The highest BCUT2D eigenvalue weighted by atomic mass is 32.1. The molecule has 0 spiro atoms. The number of thiophene rings is 1. The first-order chi connectivity index (χ1) is 19.0. The second-order valence-electron chi connectivity index (χ2n) is 10.2. The molecule has 204 valence electrons. The van der Waals surface area contributed by atoms with Gasteiger partial charge in [0.15, 0.2) is 0 Å². The van der Waals surface area contributed by atoms with E-state index < -0.39 is 5.91 Å². The van der Waals surface area contributed by atoms with E-state index in [1.54, 1.807) is 18.2 Å². The number of piperidine rings is 1. The summed E-state index contributed by atoms with van der Waals surface area (Å²) in [5.41, 5.74) is 6.13. The van der Waals surface area contributed by atoms with Crippen molar-refractivity contribution in [2.45, 2.75) is 45.1 Å². The average Bonchev–Trinajstić information content (AvgIpc) is 3.31. The molecule has 0 atom stereocenters. The number of nitrogens with one attached hydrogen (secondary N) is 2. The zero-order valence-corrected chi connectivity index (χ0v) is 22.6. The number of amides is 2. The maximum atomic E-state index is 13.5. The monoisotopic (exact) mass is 548 g/mol. The maximum Gasteiger partial charge on any atom is 0.274 e. The number of nitrogens with zero attached hydrogens (tertiary/aromatic N) is 2. The van der Waals surface area contributed by atoms with Gasteiger partial charge >= 0.3 is 0 Å². The normalized spacial score (nSPS) is 16.3. The summed E-state index contributed by atoms with van der Waals surface area (Å²) in [6.07, 6.45) is 7.06. The number of aryl methyl sites for hydroxylation is 1. The second-order valence-corrected chi connectivity index (χ2v) is 11.3. The Morgan fingerprint density at radius 3 is 2.67 bits per heavy atom. The van der Waals surface area contributed by atoms with Crippen molar-refractivity contribution in [1.29, 1.82) is 0 Å². The van der Waals surface area contributed by atoms with Gasteiger partial charge < -0.3 is 10.4 Å². The van der Waals surface area contributed by atoms with Gasteiger partial charge in [-0.2, -0.15) is 5.10 Å². The fourth-order valence-electron chi connectivity index (χ4n) is 5.27. The lowest BCUT2D eigenvalue weighted by Crippen LogP contribution is -2.34. The highest BCUT2D eigenvalue weighted by molar-refractivity contribution is 7.17. The first-order valence-electron chi connectivity index (χ1n) is 13.5. The van der Waals surface area contributed by atoms with Crippen molar-refractivity contribution in [3.63, 3.8) is 0 Å². The third-order valence-electron chi connectivity index (χ3n) is 7.41. The van der Waals surface area contributed by atoms with Crippen LogP contribution in [0.2, 0.25) is 0 Å². The number of carbonyl (C=O) groups excluding carboxylic acids is 2. The average molecular weight is 549 g/mol. The minimum Gasteiger partial charge on any atom is -0.396 e. The van der Waals surface area contributed by atoms with E-state index in [1.165, 1.54) is 29.7 Å². The van der Waals surface area contributed by atoms with E-state index in [0.717, 1.165) is 74.2 Å². The Kier molecular flexibility index (Phi) is 8.81. The number of benzene rings is 2. The maximum absolute atomic E-state index is 13.5. The zero-order valence-electron chi connectivity index (χ0n) is 21.8. The summed E-state index contributed by atoms with van der Waals surface area (Å²) in [6, 6.07) is 13.6. The lowest BCUT2D eigenvalue weighted by Gasteiger charge is -2.31. The Morgan fingerprint density at radius 2 is 1.87 bits per heavy atom. The minimum absolute atomic E-state index is 0.245. The van der Waals surface area contributed by atoms with Crippen LogP contribution in [0.15, 0.2) is 53.6 Å².